The maximum Gasteiger partial charge on any atom is 0.322 e. The van der Waals surface area contributed by atoms with Gasteiger partial charge in [-0.2, -0.15) is 9.98 Å². The van der Waals surface area contributed by atoms with E-state index in [1.807, 2.05) is 79.8 Å². The van der Waals surface area contributed by atoms with E-state index in [-0.39, 0.29) is 11.3 Å². The van der Waals surface area contributed by atoms with Gasteiger partial charge in [0.1, 0.15) is 6.04 Å². The number of aryl methyl sites for hydroxylation is 3. The van der Waals surface area contributed by atoms with Crippen molar-refractivity contribution in [2.24, 2.45) is 4.99 Å². The molecule has 0 bridgehead atoms. The molecule has 0 heterocycles. The molecule has 0 spiro atoms. The Morgan fingerprint density at radius 2 is 1.56 bits per heavy atom. The van der Waals surface area contributed by atoms with Crippen LogP contribution in [0.15, 0.2) is 101 Å². The van der Waals surface area contributed by atoms with Gasteiger partial charge >= 0.3 is 5.97 Å². The second-order valence-corrected chi connectivity index (χ2v) is 11.9. The van der Waals surface area contributed by atoms with Gasteiger partial charge in [-0.05, 0) is 72.7 Å². The maximum atomic E-state index is 13.2. The molecule has 0 aliphatic heterocycles. The number of aliphatic imine (C=N–C) groups is 1. The minimum Gasteiger partial charge on any atom is -0.480 e. The Hall–Kier alpha value is -4.98. The van der Waals surface area contributed by atoms with Crippen molar-refractivity contribution in [2.45, 2.75) is 44.7 Å². The summed E-state index contributed by atoms with van der Waals surface area (Å²) in [7, 11) is -4.07. The van der Waals surface area contributed by atoms with E-state index in [9.17, 15) is 18.3 Å². The van der Waals surface area contributed by atoms with Crippen LogP contribution in [-0.2, 0) is 27.8 Å². The number of nitrogens with zero attached hydrogens (tertiary/aromatic N) is 2. The fourth-order valence-corrected chi connectivity index (χ4v) is 6.56. The predicted octanol–water partition coefficient (Wildman–Crippen LogP) is 5.29. The summed E-state index contributed by atoms with van der Waals surface area (Å²) in [6, 6.07) is 26.7. The number of carbonyl (C=O) groups is 1. The van der Waals surface area contributed by atoms with Crippen LogP contribution in [0.4, 0.5) is 5.69 Å². The number of sulfonamides is 1. The Bertz CT molecular complexity index is 1760. The number of aliphatic carboxylic acids is 1. The van der Waals surface area contributed by atoms with E-state index in [0.717, 1.165) is 27.9 Å². The van der Waals surface area contributed by atoms with Crippen LogP contribution < -0.4 is 15.4 Å². The quantitative estimate of drug-likeness (QED) is 0.0844. The van der Waals surface area contributed by atoms with E-state index in [2.05, 4.69) is 20.3 Å². The van der Waals surface area contributed by atoms with Gasteiger partial charge in [-0.1, -0.05) is 84.4 Å². The molecule has 0 aromatic heterocycles. The van der Waals surface area contributed by atoms with Gasteiger partial charge in [0.15, 0.2) is 6.19 Å². The van der Waals surface area contributed by atoms with Crippen LogP contribution in [0.3, 0.4) is 0 Å². The molecular weight excluding hydrogens is 562 g/mol. The molecule has 0 unspecified atom stereocenters. The molecule has 0 fully saturated rings. The molecule has 0 saturated carbocycles. The van der Waals surface area contributed by atoms with Crippen molar-refractivity contribution in [3.8, 4) is 17.3 Å². The molecule has 0 aliphatic carbocycles. The number of hydrogen-bond donors (Lipinski definition) is 4. The summed E-state index contributed by atoms with van der Waals surface area (Å²) in [6.45, 7) is 5.68. The van der Waals surface area contributed by atoms with Gasteiger partial charge in [0.25, 0.3) is 0 Å². The normalized spacial score (nSPS) is 12.3. The van der Waals surface area contributed by atoms with Crippen molar-refractivity contribution in [1.82, 2.24) is 10.0 Å². The highest BCUT2D eigenvalue weighted by Gasteiger charge is 2.28. The largest absolute Gasteiger partial charge is 0.480 e. The molecule has 0 aliphatic rings. The Morgan fingerprint density at radius 3 is 2.19 bits per heavy atom. The molecule has 10 heteroatoms. The standard InChI is InChI=1S/C33H33N5O4S/c1-22-16-23(2)31(24(3)17-22)43(41,42)38-30(32(39)40)18-25-12-14-27(15-13-25)28-10-7-11-29(19-28)37-33(36-21-34)35-20-26-8-5-4-6-9-26/h4-17,19,30,38H,18,20H2,1-3H3,(H,39,40)(H2,35,36,37)/t30-/m0/s1. The van der Waals surface area contributed by atoms with Gasteiger partial charge in [0, 0.05) is 5.69 Å². The van der Waals surface area contributed by atoms with Gasteiger partial charge in [0.05, 0.1) is 11.4 Å². The lowest BCUT2D eigenvalue weighted by Gasteiger charge is -2.18. The third-order valence-corrected chi connectivity index (χ3v) is 8.53. The van der Waals surface area contributed by atoms with E-state index in [1.165, 1.54) is 0 Å². The molecule has 0 radical (unpaired) electrons. The molecular formula is C33H33N5O4S. The number of anilines is 1. The predicted molar refractivity (Wildman–Crippen MR) is 168 cm³/mol. The van der Waals surface area contributed by atoms with Crippen LogP contribution in [-0.4, -0.2) is 31.5 Å². The van der Waals surface area contributed by atoms with Crippen molar-refractivity contribution in [3.05, 3.63) is 119 Å². The second kappa shape index (κ2) is 13.8. The van der Waals surface area contributed by atoms with Crippen LogP contribution >= 0.6 is 0 Å². The third-order valence-electron chi connectivity index (χ3n) is 6.76. The fraction of sp³-hybridized carbons (Fsp3) is 0.182. The average molecular weight is 596 g/mol. The third kappa shape index (κ3) is 8.29. The highest BCUT2D eigenvalue weighted by atomic mass is 32.2. The molecule has 1 atom stereocenters. The van der Waals surface area contributed by atoms with Crippen LogP contribution in [0.5, 0.6) is 0 Å². The Labute approximate surface area is 252 Å². The smallest absolute Gasteiger partial charge is 0.322 e. The first-order chi connectivity index (χ1) is 20.6. The summed E-state index contributed by atoms with van der Waals surface area (Å²) >= 11 is 0. The van der Waals surface area contributed by atoms with Gasteiger partial charge in [-0.25, -0.2) is 13.4 Å². The van der Waals surface area contributed by atoms with E-state index < -0.39 is 22.0 Å². The number of nitrogens with one attached hydrogen (secondary N) is 3. The molecule has 220 valence electrons. The Kier molecular flexibility index (Phi) is 9.93. The van der Waals surface area contributed by atoms with Crippen LogP contribution in [0.2, 0.25) is 0 Å². The van der Waals surface area contributed by atoms with Crippen LogP contribution in [0.25, 0.3) is 11.1 Å². The average Bonchev–Trinajstić information content (AvgIpc) is 2.96. The van der Waals surface area contributed by atoms with Gasteiger partial charge < -0.3 is 10.4 Å². The van der Waals surface area contributed by atoms with Crippen molar-refractivity contribution in [3.63, 3.8) is 0 Å². The van der Waals surface area contributed by atoms with E-state index in [4.69, 9.17) is 5.26 Å². The minimum atomic E-state index is -4.07. The topological polar surface area (TPSA) is 144 Å². The molecule has 4 N–H and O–H groups in total. The zero-order valence-electron chi connectivity index (χ0n) is 24.1. The number of carboxylic acids is 1. The number of nitriles is 1. The minimum absolute atomic E-state index is 0.0263. The van der Waals surface area contributed by atoms with E-state index in [1.54, 1.807) is 38.1 Å². The van der Waals surface area contributed by atoms with Crippen LogP contribution in [0.1, 0.15) is 27.8 Å². The first-order valence-corrected chi connectivity index (χ1v) is 15.1. The van der Waals surface area contributed by atoms with Gasteiger partial charge in [0.2, 0.25) is 16.0 Å². The monoisotopic (exact) mass is 595 g/mol. The summed E-state index contributed by atoms with van der Waals surface area (Å²) in [4.78, 5) is 16.6. The Balaban J connectivity index is 1.48. The first kappa shape index (κ1) is 31.0. The maximum absolute atomic E-state index is 13.2. The number of guanidine groups is 1. The number of hydrogen-bond acceptors (Lipinski definition) is 5. The van der Waals surface area contributed by atoms with E-state index in [0.29, 0.717) is 29.2 Å². The second-order valence-electron chi connectivity index (χ2n) is 10.2. The summed E-state index contributed by atoms with van der Waals surface area (Å²) in [5, 5.41) is 24.7. The number of benzene rings is 4. The summed E-state index contributed by atoms with van der Waals surface area (Å²) in [5.41, 5.74) is 6.21. The van der Waals surface area contributed by atoms with Gasteiger partial charge in [-0.15, -0.1) is 0 Å². The molecule has 0 saturated heterocycles. The Morgan fingerprint density at radius 1 is 0.884 bits per heavy atom. The zero-order chi connectivity index (χ0) is 31.0. The lowest BCUT2D eigenvalue weighted by molar-refractivity contribution is -0.138. The molecule has 9 nitrogen and oxygen atoms in total. The van der Waals surface area contributed by atoms with Crippen molar-refractivity contribution in [1.29, 1.82) is 5.26 Å². The lowest BCUT2D eigenvalue weighted by Crippen LogP contribution is -2.42. The first-order valence-electron chi connectivity index (χ1n) is 13.6. The molecule has 0 amide bonds. The zero-order valence-corrected chi connectivity index (χ0v) is 24.9. The number of carboxylic acid groups (broad SMARTS) is 1. The van der Waals surface area contributed by atoms with Crippen molar-refractivity contribution < 1.29 is 18.3 Å². The van der Waals surface area contributed by atoms with E-state index >= 15 is 0 Å². The fourth-order valence-electron chi connectivity index (χ4n) is 4.92. The lowest BCUT2D eigenvalue weighted by atomic mass is 10.0. The van der Waals surface area contributed by atoms with Gasteiger partial charge in [-0.3, -0.25) is 10.1 Å². The molecule has 43 heavy (non-hydrogen) atoms. The number of rotatable bonds is 10. The highest BCUT2D eigenvalue weighted by Crippen LogP contribution is 2.25. The van der Waals surface area contributed by atoms with Crippen molar-refractivity contribution in [2.75, 3.05) is 5.32 Å². The summed E-state index contributed by atoms with van der Waals surface area (Å²) in [6.07, 6.45) is 1.88. The SMILES string of the molecule is Cc1cc(C)c(S(=O)(=O)N[C@@H](Cc2ccc(-c3cccc(NC(=NCc4ccccc4)NC#N)c3)cc2)C(=O)O)c(C)c1. The molecule has 4 aromatic carbocycles. The summed E-state index contributed by atoms with van der Waals surface area (Å²) in [5.74, 6) is -0.943. The highest BCUT2D eigenvalue weighted by molar-refractivity contribution is 7.89. The molecule has 4 rings (SSSR count). The van der Waals surface area contributed by atoms with Crippen LogP contribution in [0, 0.1) is 32.2 Å². The summed E-state index contributed by atoms with van der Waals surface area (Å²) < 4.78 is 28.7. The van der Waals surface area contributed by atoms with Crippen molar-refractivity contribution >= 4 is 27.6 Å². The molecule has 4 aromatic rings.